The molecular weight excluding hydrogens is 269 g/mol. The molecule has 0 radical (unpaired) electrons. The Balaban J connectivity index is 2.27. The van der Waals surface area contributed by atoms with Crippen molar-refractivity contribution in [3.8, 4) is 0 Å². The maximum Gasteiger partial charge on any atom is 0.416 e. The zero-order chi connectivity index (χ0) is 14.9. The van der Waals surface area contributed by atoms with Gasteiger partial charge in [0.15, 0.2) is 0 Å². The van der Waals surface area contributed by atoms with Crippen molar-refractivity contribution in [1.82, 2.24) is 4.90 Å². The molecule has 2 N–H and O–H groups in total. The highest BCUT2D eigenvalue weighted by Crippen LogP contribution is 2.33. The van der Waals surface area contributed by atoms with Gasteiger partial charge in [-0.2, -0.15) is 13.2 Å². The van der Waals surface area contributed by atoms with E-state index in [9.17, 15) is 18.0 Å². The molecule has 1 fully saturated rings. The number of hydrogen-bond donors (Lipinski definition) is 1. The molecule has 1 amide bonds. The maximum absolute atomic E-state index is 12.7. The summed E-state index contributed by atoms with van der Waals surface area (Å²) in [6, 6.07) is 2.87. The first-order chi connectivity index (χ1) is 9.32. The van der Waals surface area contributed by atoms with Crippen molar-refractivity contribution in [2.75, 3.05) is 18.8 Å². The summed E-state index contributed by atoms with van der Waals surface area (Å²) in [5, 5.41) is 0. The summed E-state index contributed by atoms with van der Waals surface area (Å²) in [6.07, 6.45) is -2.33. The Morgan fingerprint density at radius 1 is 1.40 bits per heavy atom. The van der Waals surface area contributed by atoms with E-state index in [0.717, 1.165) is 31.0 Å². The van der Waals surface area contributed by atoms with E-state index in [4.69, 9.17) is 5.73 Å². The lowest BCUT2D eigenvalue weighted by Gasteiger charge is -2.22. The Kier molecular flexibility index (Phi) is 3.92. The fraction of sp³-hybridized carbons (Fsp3) is 0.500. The van der Waals surface area contributed by atoms with Crippen molar-refractivity contribution in [3.05, 3.63) is 29.3 Å². The van der Waals surface area contributed by atoms with E-state index >= 15 is 0 Å². The number of amides is 1. The molecule has 0 saturated heterocycles. The van der Waals surface area contributed by atoms with Crippen molar-refractivity contribution >= 4 is 11.6 Å². The smallest absolute Gasteiger partial charge is 0.398 e. The van der Waals surface area contributed by atoms with Crippen LogP contribution in [0.4, 0.5) is 18.9 Å². The molecule has 0 bridgehead atoms. The van der Waals surface area contributed by atoms with E-state index in [-0.39, 0.29) is 11.3 Å². The van der Waals surface area contributed by atoms with Crippen molar-refractivity contribution < 1.29 is 18.0 Å². The van der Waals surface area contributed by atoms with Crippen LogP contribution in [0.25, 0.3) is 0 Å². The highest BCUT2D eigenvalue weighted by Gasteiger charge is 2.33. The third-order valence-corrected chi connectivity index (χ3v) is 3.46. The van der Waals surface area contributed by atoms with Crippen molar-refractivity contribution in [2.45, 2.75) is 25.9 Å². The largest absolute Gasteiger partial charge is 0.416 e. The SMILES string of the molecule is CCN(CC1CC1)C(=O)c1cc(C(F)(F)F)ccc1N. The normalized spacial score (nSPS) is 15.2. The number of nitrogen functional groups attached to an aromatic ring is 1. The van der Waals surface area contributed by atoms with E-state index in [1.165, 1.54) is 0 Å². The number of hydrogen-bond acceptors (Lipinski definition) is 2. The van der Waals surface area contributed by atoms with E-state index in [2.05, 4.69) is 0 Å². The van der Waals surface area contributed by atoms with Crippen LogP contribution in [-0.2, 0) is 6.18 Å². The molecule has 1 aromatic rings. The molecular formula is C14H17F3N2O. The molecule has 1 aliphatic carbocycles. The minimum absolute atomic E-state index is 0.0673. The minimum Gasteiger partial charge on any atom is -0.398 e. The molecule has 0 aliphatic heterocycles. The quantitative estimate of drug-likeness (QED) is 0.864. The molecule has 0 spiro atoms. The van der Waals surface area contributed by atoms with Gasteiger partial charge in [0, 0.05) is 18.8 Å². The fourth-order valence-electron chi connectivity index (χ4n) is 2.06. The molecule has 6 heteroatoms. The van der Waals surface area contributed by atoms with Gasteiger partial charge in [0.05, 0.1) is 11.1 Å². The number of nitrogens with zero attached hydrogens (tertiary/aromatic N) is 1. The van der Waals surface area contributed by atoms with Gasteiger partial charge in [-0.05, 0) is 43.9 Å². The Bertz CT molecular complexity index is 510. The van der Waals surface area contributed by atoms with E-state index in [1.807, 2.05) is 6.92 Å². The van der Waals surface area contributed by atoms with Crippen molar-refractivity contribution in [3.63, 3.8) is 0 Å². The van der Waals surface area contributed by atoms with Crippen LogP contribution < -0.4 is 5.73 Å². The molecule has 110 valence electrons. The van der Waals surface area contributed by atoms with Gasteiger partial charge in [0.1, 0.15) is 0 Å². The summed E-state index contributed by atoms with van der Waals surface area (Å²) in [5.41, 5.74) is 4.82. The molecule has 20 heavy (non-hydrogen) atoms. The van der Waals surface area contributed by atoms with Gasteiger partial charge >= 0.3 is 6.18 Å². The fourth-order valence-corrected chi connectivity index (χ4v) is 2.06. The summed E-state index contributed by atoms with van der Waals surface area (Å²) in [6.45, 7) is 2.86. The number of rotatable bonds is 4. The first-order valence-electron chi connectivity index (χ1n) is 6.59. The van der Waals surface area contributed by atoms with Gasteiger partial charge in [-0.3, -0.25) is 4.79 Å². The van der Waals surface area contributed by atoms with Gasteiger partial charge in [-0.1, -0.05) is 0 Å². The number of anilines is 1. The molecule has 3 nitrogen and oxygen atoms in total. The predicted octanol–water partition coefficient (Wildman–Crippen LogP) is 3.16. The first-order valence-corrected chi connectivity index (χ1v) is 6.59. The molecule has 1 aliphatic rings. The standard InChI is InChI=1S/C14H17F3N2O/c1-2-19(8-9-3-4-9)13(20)11-7-10(14(15,16)17)5-6-12(11)18/h5-7,9H,2-4,8,18H2,1H3. The number of alkyl halides is 3. The predicted molar refractivity (Wildman–Crippen MR) is 70.2 cm³/mol. The Hall–Kier alpha value is -1.72. The van der Waals surface area contributed by atoms with Crippen LogP contribution >= 0.6 is 0 Å². The Morgan fingerprint density at radius 3 is 2.55 bits per heavy atom. The van der Waals surface area contributed by atoms with Gasteiger partial charge in [-0.25, -0.2) is 0 Å². The topological polar surface area (TPSA) is 46.3 Å². The second-order valence-corrected chi connectivity index (χ2v) is 5.09. The summed E-state index contributed by atoms with van der Waals surface area (Å²) in [7, 11) is 0. The summed E-state index contributed by atoms with van der Waals surface area (Å²) < 4.78 is 38.1. The minimum atomic E-state index is -4.48. The molecule has 0 heterocycles. The van der Waals surface area contributed by atoms with Gasteiger partial charge in [0.2, 0.25) is 0 Å². The lowest BCUT2D eigenvalue weighted by atomic mass is 10.1. The summed E-state index contributed by atoms with van der Waals surface area (Å²) in [4.78, 5) is 13.9. The second-order valence-electron chi connectivity index (χ2n) is 5.09. The van der Waals surface area contributed by atoms with Crippen LogP contribution in [0.1, 0.15) is 35.7 Å². The maximum atomic E-state index is 12.7. The van der Waals surface area contributed by atoms with Crippen LogP contribution in [0.5, 0.6) is 0 Å². The number of benzene rings is 1. The molecule has 0 unspecified atom stereocenters. The van der Waals surface area contributed by atoms with E-state index in [1.54, 1.807) is 4.90 Å². The summed E-state index contributed by atoms with van der Waals surface area (Å²) >= 11 is 0. The lowest BCUT2D eigenvalue weighted by molar-refractivity contribution is -0.137. The van der Waals surface area contributed by atoms with Crippen molar-refractivity contribution in [2.24, 2.45) is 5.92 Å². The van der Waals surface area contributed by atoms with Crippen LogP contribution in [0, 0.1) is 5.92 Å². The van der Waals surface area contributed by atoms with Crippen LogP contribution in [0.2, 0.25) is 0 Å². The van der Waals surface area contributed by atoms with E-state index < -0.39 is 17.6 Å². The Labute approximate surface area is 115 Å². The monoisotopic (exact) mass is 286 g/mol. The molecule has 0 aromatic heterocycles. The number of carbonyl (C=O) groups is 1. The molecule has 0 atom stereocenters. The zero-order valence-corrected chi connectivity index (χ0v) is 11.2. The van der Waals surface area contributed by atoms with Crippen LogP contribution in [-0.4, -0.2) is 23.9 Å². The molecule has 1 aromatic carbocycles. The van der Waals surface area contributed by atoms with Gasteiger partial charge in [-0.15, -0.1) is 0 Å². The summed E-state index contributed by atoms with van der Waals surface area (Å²) in [5.74, 6) is 0.0499. The average Bonchev–Trinajstić information content (AvgIpc) is 3.18. The second kappa shape index (κ2) is 5.34. The van der Waals surface area contributed by atoms with Crippen molar-refractivity contribution in [1.29, 1.82) is 0 Å². The van der Waals surface area contributed by atoms with Gasteiger partial charge < -0.3 is 10.6 Å². The third-order valence-electron chi connectivity index (χ3n) is 3.46. The highest BCUT2D eigenvalue weighted by atomic mass is 19.4. The molecule has 1 saturated carbocycles. The van der Waals surface area contributed by atoms with E-state index in [0.29, 0.717) is 19.0 Å². The zero-order valence-electron chi connectivity index (χ0n) is 11.2. The highest BCUT2D eigenvalue weighted by molar-refractivity contribution is 5.99. The van der Waals surface area contributed by atoms with Crippen LogP contribution in [0.15, 0.2) is 18.2 Å². The number of carbonyl (C=O) groups excluding carboxylic acids is 1. The first kappa shape index (κ1) is 14.7. The van der Waals surface area contributed by atoms with Gasteiger partial charge in [0.25, 0.3) is 5.91 Å². The van der Waals surface area contributed by atoms with Crippen LogP contribution in [0.3, 0.4) is 0 Å². The number of nitrogens with two attached hydrogens (primary N) is 1. The number of halogens is 3. The Morgan fingerprint density at radius 2 is 2.05 bits per heavy atom. The average molecular weight is 286 g/mol. The lowest BCUT2D eigenvalue weighted by Crippen LogP contribution is -2.33. The third kappa shape index (κ3) is 3.23. The molecule has 2 rings (SSSR count).